The minimum Gasteiger partial charge on any atom is -0.449 e. The van der Waals surface area contributed by atoms with E-state index in [-0.39, 0.29) is 17.2 Å². The highest BCUT2D eigenvalue weighted by molar-refractivity contribution is 5.85. The van der Waals surface area contributed by atoms with Crippen molar-refractivity contribution >= 4 is 29.0 Å². The molecule has 10 heteroatoms. The third-order valence-electron chi connectivity index (χ3n) is 5.44. The maximum absolute atomic E-state index is 15.0. The Morgan fingerprint density at radius 2 is 2.03 bits per heavy atom. The Labute approximate surface area is 171 Å². The minimum absolute atomic E-state index is 0.122. The van der Waals surface area contributed by atoms with Crippen LogP contribution < -0.4 is 15.1 Å². The van der Waals surface area contributed by atoms with Gasteiger partial charge in [0.1, 0.15) is 12.9 Å². The molecule has 2 heterocycles. The molecule has 0 spiro atoms. The molecule has 1 saturated heterocycles. The summed E-state index contributed by atoms with van der Waals surface area (Å²) < 4.78 is 21.4. The van der Waals surface area contributed by atoms with Gasteiger partial charge in [0, 0.05) is 38.8 Å². The molecule has 1 N–H and O–H groups in total. The van der Waals surface area contributed by atoms with Crippen molar-refractivity contribution in [3.63, 3.8) is 0 Å². The monoisotopic (exact) mass is 418 g/mol. The highest BCUT2D eigenvalue weighted by atomic mass is 19.1. The normalized spacial score (nSPS) is 17.6. The van der Waals surface area contributed by atoms with Crippen molar-refractivity contribution in [2.24, 2.45) is 5.16 Å². The van der Waals surface area contributed by atoms with Gasteiger partial charge in [0.25, 0.3) is 0 Å². The van der Waals surface area contributed by atoms with Crippen molar-refractivity contribution in [2.45, 2.75) is 18.9 Å². The second-order valence-corrected chi connectivity index (χ2v) is 7.41. The largest absolute Gasteiger partial charge is 0.511 e. The van der Waals surface area contributed by atoms with E-state index in [1.807, 2.05) is 9.47 Å². The van der Waals surface area contributed by atoms with E-state index in [9.17, 15) is 14.0 Å². The van der Waals surface area contributed by atoms with Crippen LogP contribution in [0.1, 0.15) is 18.9 Å². The van der Waals surface area contributed by atoms with Gasteiger partial charge in [0.2, 0.25) is 5.43 Å². The third kappa shape index (κ3) is 4.09. The lowest BCUT2D eigenvalue weighted by molar-refractivity contribution is 0.143. The number of hydrogen-bond donors (Lipinski definition) is 1. The van der Waals surface area contributed by atoms with Crippen LogP contribution in [-0.2, 0) is 4.84 Å². The summed E-state index contributed by atoms with van der Waals surface area (Å²) >= 11 is 0. The van der Waals surface area contributed by atoms with Gasteiger partial charge in [-0.3, -0.25) is 9.69 Å². The average Bonchev–Trinajstić information content (AvgIpc) is 3.56. The van der Waals surface area contributed by atoms with Gasteiger partial charge >= 0.3 is 6.16 Å². The molecule has 9 nitrogen and oxygen atoms in total. The lowest BCUT2D eigenvalue weighted by Crippen LogP contribution is -2.47. The fraction of sp³-hybridized carbons (Fsp3) is 0.450. The van der Waals surface area contributed by atoms with Crippen LogP contribution >= 0.6 is 0 Å². The van der Waals surface area contributed by atoms with Gasteiger partial charge in [-0.05, 0) is 25.0 Å². The summed E-state index contributed by atoms with van der Waals surface area (Å²) in [6, 6.07) is 3.04. The number of piperazine rings is 1. The second kappa shape index (κ2) is 8.31. The number of rotatable bonds is 6. The van der Waals surface area contributed by atoms with E-state index in [2.05, 4.69) is 19.6 Å². The zero-order valence-corrected chi connectivity index (χ0v) is 16.6. The number of benzene rings is 1. The summed E-state index contributed by atoms with van der Waals surface area (Å²) in [5, 5.41) is 12.8. The molecule has 2 aliphatic rings. The number of fused-ring (bicyclic) bond motifs is 1. The number of oxime groups is 1. The van der Waals surface area contributed by atoms with Gasteiger partial charge < -0.3 is 24.1 Å². The molecule has 1 aliphatic heterocycles. The van der Waals surface area contributed by atoms with Gasteiger partial charge in [0.15, 0.2) is 5.75 Å². The van der Waals surface area contributed by atoms with E-state index < -0.39 is 17.4 Å². The molecule has 1 aromatic heterocycles. The number of carbonyl (C=O) groups is 1. The number of ether oxygens (including phenoxy) is 1. The molecular formula is C20H23FN4O5. The van der Waals surface area contributed by atoms with E-state index in [1.54, 1.807) is 12.3 Å². The van der Waals surface area contributed by atoms with Gasteiger partial charge in [-0.25, -0.2) is 9.18 Å². The highest BCUT2D eigenvalue weighted by Gasteiger charge is 2.28. The van der Waals surface area contributed by atoms with Crippen LogP contribution in [0, 0.1) is 5.82 Å². The van der Waals surface area contributed by atoms with E-state index >= 15 is 0 Å². The second-order valence-electron chi connectivity index (χ2n) is 7.41. The molecule has 1 saturated carbocycles. The molecule has 0 atom stereocenters. The maximum atomic E-state index is 15.0. The van der Waals surface area contributed by atoms with Gasteiger partial charge in [-0.1, -0.05) is 5.16 Å². The smallest absolute Gasteiger partial charge is 0.449 e. The molecule has 1 aliphatic carbocycles. The minimum atomic E-state index is -1.57. The quantitative estimate of drug-likeness (QED) is 0.437. The fourth-order valence-electron chi connectivity index (χ4n) is 3.79. The van der Waals surface area contributed by atoms with Crippen molar-refractivity contribution in [1.82, 2.24) is 9.47 Å². The first-order valence-corrected chi connectivity index (χ1v) is 9.79. The van der Waals surface area contributed by atoms with Crippen molar-refractivity contribution in [2.75, 3.05) is 44.7 Å². The van der Waals surface area contributed by atoms with Crippen LogP contribution in [0.3, 0.4) is 0 Å². The molecule has 4 rings (SSSR count). The Morgan fingerprint density at radius 1 is 1.30 bits per heavy atom. The Kier molecular flexibility index (Phi) is 5.58. The van der Waals surface area contributed by atoms with E-state index in [0.29, 0.717) is 30.8 Å². The molecule has 0 amide bonds. The molecule has 160 valence electrons. The number of carboxylic acid groups (broad SMARTS) is 1. The molecule has 2 fully saturated rings. The van der Waals surface area contributed by atoms with E-state index in [1.165, 1.54) is 19.4 Å². The van der Waals surface area contributed by atoms with Crippen LogP contribution in [-0.4, -0.2) is 66.8 Å². The zero-order chi connectivity index (χ0) is 21.3. The van der Waals surface area contributed by atoms with Crippen molar-refractivity contribution in [3.05, 3.63) is 34.4 Å². The predicted molar refractivity (Wildman–Crippen MR) is 109 cm³/mol. The Bertz CT molecular complexity index is 1040. The molecule has 0 unspecified atom stereocenters. The zero-order valence-electron chi connectivity index (χ0n) is 16.6. The molecule has 30 heavy (non-hydrogen) atoms. The van der Waals surface area contributed by atoms with Crippen LogP contribution in [0.15, 0.2) is 28.3 Å². The number of halogens is 1. The van der Waals surface area contributed by atoms with Gasteiger partial charge in [-0.2, -0.15) is 0 Å². The third-order valence-corrected chi connectivity index (χ3v) is 5.44. The topological polar surface area (TPSA) is 96.6 Å². The Balaban J connectivity index is 1.65. The lowest BCUT2D eigenvalue weighted by atomic mass is 10.1. The maximum Gasteiger partial charge on any atom is 0.511 e. The number of pyridine rings is 1. The number of hydrogen-bond acceptors (Lipinski definition) is 7. The van der Waals surface area contributed by atoms with Crippen LogP contribution in [0.2, 0.25) is 0 Å². The molecule has 1 aromatic carbocycles. The first kappa shape index (κ1) is 20.1. The lowest BCUT2D eigenvalue weighted by Gasteiger charge is -2.35. The number of anilines is 1. The summed E-state index contributed by atoms with van der Waals surface area (Å²) in [7, 11) is 1.49. The van der Waals surface area contributed by atoms with Crippen molar-refractivity contribution in [3.8, 4) is 5.75 Å². The summed E-state index contributed by atoms with van der Waals surface area (Å²) in [4.78, 5) is 32.4. The van der Waals surface area contributed by atoms with E-state index in [4.69, 9.17) is 5.11 Å². The summed E-state index contributed by atoms with van der Waals surface area (Å²) in [5.41, 5.74) is 0.400. The summed E-state index contributed by atoms with van der Waals surface area (Å²) in [6.45, 7) is 3.42. The molecule has 2 aromatic rings. The molecular weight excluding hydrogens is 395 g/mol. The number of nitrogens with zero attached hydrogens (tertiary/aromatic N) is 4. The Hall–Kier alpha value is -3.14. The van der Waals surface area contributed by atoms with Gasteiger partial charge in [-0.15, -0.1) is 0 Å². The first-order chi connectivity index (χ1) is 14.5. The molecule has 0 bridgehead atoms. The number of aromatic nitrogens is 1. The van der Waals surface area contributed by atoms with Crippen molar-refractivity contribution in [1.29, 1.82) is 0 Å². The van der Waals surface area contributed by atoms with Crippen molar-refractivity contribution < 1.29 is 23.9 Å². The highest BCUT2D eigenvalue weighted by Crippen LogP contribution is 2.39. The van der Waals surface area contributed by atoms with Crippen LogP contribution in [0.4, 0.5) is 14.9 Å². The summed E-state index contributed by atoms with van der Waals surface area (Å²) in [5.74, 6) is -0.816. The fourth-order valence-corrected chi connectivity index (χ4v) is 3.79. The summed E-state index contributed by atoms with van der Waals surface area (Å²) in [6.07, 6.45) is 3.37. The average molecular weight is 418 g/mol. The van der Waals surface area contributed by atoms with Crippen LogP contribution in [0.25, 0.3) is 10.9 Å². The Morgan fingerprint density at radius 3 is 2.67 bits per heavy atom. The molecule has 0 radical (unpaired) electrons. The SMILES string of the molecule is CON=CCN1CCN(c2cc3c(cc2F)c(=O)c(OC(=O)O)cn3C2CC2)CC1. The van der Waals surface area contributed by atoms with E-state index in [0.717, 1.165) is 25.9 Å². The first-order valence-electron chi connectivity index (χ1n) is 9.79. The standard InChI is InChI=1S/C20H23FN4O5/c1-29-22-4-5-23-6-8-24(9-7-23)17-11-16-14(10-15(17)21)19(26)18(30-20(27)28)12-25(16)13-2-3-13/h4,10-13H,2-3,5-9H2,1H3,(H,27,28). The van der Waals surface area contributed by atoms with Gasteiger partial charge in [0.05, 0.1) is 29.0 Å². The van der Waals surface area contributed by atoms with Crippen LogP contribution in [0.5, 0.6) is 5.75 Å². The predicted octanol–water partition coefficient (Wildman–Crippen LogP) is 2.29.